The van der Waals surface area contributed by atoms with Crippen LogP contribution in [0.15, 0.2) is 30.3 Å². The van der Waals surface area contributed by atoms with Crippen molar-refractivity contribution in [1.29, 1.82) is 0 Å². The van der Waals surface area contributed by atoms with Crippen molar-refractivity contribution in [2.24, 2.45) is 23.6 Å². The lowest BCUT2D eigenvalue weighted by molar-refractivity contribution is -0.186. The number of benzene rings is 1. The Morgan fingerprint density at radius 2 is 1.53 bits per heavy atom. The Morgan fingerprint density at radius 1 is 0.921 bits per heavy atom. The highest BCUT2D eigenvalue weighted by Gasteiger charge is 2.41. The zero-order chi connectivity index (χ0) is 29.0. The summed E-state index contributed by atoms with van der Waals surface area (Å²) in [5.41, 5.74) is -0.0253. The topological polar surface area (TPSA) is 119 Å². The van der Waals surface area contributed by atoms with Crippen LogP contribution in [-0.4, -0.2) is 45.5 Å². The first-order chi connectivity index (χ1) is 17.7. The summed E-state index contributed by atoms with van der Waals surface area (Å²) in [5.74, 6) is 2.56. The van der Waals surface area contributed by atoms with Gasteiger partial charge in [-0.3, -0.25) is 14.4 Å². The predicted octanol–water partition coefficient (Wildman–Crippen LogP) is 4.78. The highest BCUT2D eigenvalue weighted by atomic mass is 16.6. The van der Waals surface area contributed by atoms with Gasteiger partial charge in [0.05, 0.1) is 0 Å². The molecule has 9 heteroatoms. The third-order valence-electron chi connectivity index (χ3n) is 5.68. The van der Waals surface area contributed by atoms with E-state index in [0.29, 0.717) is 18.0 Å². The number of rotatable bonds is 13. The van der Waals surface area contributed by atoms with Gasteiger partial charge in [-0.15, -0.1) is 0 Å². The highest BCUT2D eigenvalue weighted by Crippen LogP contribution is 2.23. The van der Waals surface area contributed by atoms with Crippen LogP contribution in [0.2, 0.25) is 0 Å². The summed E-state index contributed by atoms with van der Waals surface area (Å²) in [4.78, 5) is 53.4. The molecule has 2 N–H and O–H groups in total. The van der Waals surface area contributed by atoms with Crippen LogP contribution in [0.1, 0.15) is 93.1 Å². The zero-order valence-electron chi connectivity index (χ0n) is 24.4. The van der Waals surface area contributed by atoms with Crippen LogP contribution in [0.4, 0.5) is 0 Å². The molecule has 2 atom stereocenters. The monoisotopic (exact) mass is 533 g/mol. The summed E-state index contributed by atoms with van der Waals surface area (Å²) in [6.07, 6.45) is 1.54. The van der Waals surface area contributed by atoms with Crippen molar-refractivity contribution in [2.45, 2.75) is 106 Å². The zero-order valence-corrected chi connectivity index (χ0v) is 24.4. The van der Waals surface area contributed by atoms with Gasteiger partial charge in [0.2, 0.25) is 5.91 Å². The molecule has 214 valence electrons. The molecule has 0 radical (unpaired) electrons. The number of ether oxygens (including phenoxy) is 2. The van der Waals surface area contributed by atoms with Gasteiger partial charge in [0.1, 0.15) is 18.1 Å². The molecule has 1 aromatic rings. The maximum absolute atomic E-state index is 13.7. The minimum absolute atomic E-state index is 0.0139. The minimum Gasteiger partial charge on any atom is -0.459 e. The van der Waals surface area contributed by atoms with Crippen molar-refractivity contribution < 1.29 is 28.7 Å². The number of esters is 2. The first-order valence-electron chi connectivity index (χ1n) is 13.5. The Labute approximate surface area is 227 Å². The van der Waals surface area contributed by atoms with Gasteiger partial charge in [0.25, 0.3) is 5.91 Å². The lowest BCUT2D eigenvalue weighted by Crippen LogP contribution is -2.62. The Morgan fingerprint density at radius 3 is 2.03 bits per heavy atom. The quantitative estimate of drug-likeness (QED) is 0.127. The minimum atomic E-state index is -1.23. The van der Waals surface area contributed by atoms with Crippen LogP contribution >= 0.6 is 0 Å². The van der Waals surface area contributed by atoms with E-state index in [4.69, 9.17) is 15.3 Å². The van der Waals surface area contributed by atoms with E-state index < -0.39 is 41.3 Å². The van der Waals surface area contributed by atoms with Crippen LogP contribution in [0.3, 0.4) is 0 Å². The van der Waals surface area contributed by atoms with Crippen LogP contribution in [0.5, 0.6) is 0 Å². The van der Waals surface area contributed by atoms with Crippen LogP contribution in [-0.2, 0) is 35.3 Å². The van der Waals surface area contributed by atoms with Gasteiger partial charge in [-0.05, 0) is 63.9 Å². The number of carbonyl (C=O) groups excluding carboxylic acids is 4. The molecule has 2 amide bonds. The predicted molar refractivity (Wildman–Crippen MR) is 146 cm³/mol. The summed E-state index contributed by atoms with van der Waals surface area (Å²) in [6, 6.07) is 8.05. The van der Waals surface area contributed by atoms with E-state index in [0.717, 1.165) is 10.6 Å². The number of nitrogens with two attached hydrogens (primary N) is 1. The van der Waals surface area contributed by atoms with E-state index in [1.165, 1.54) is 0 Å². The molecule has 0 fully saturated rings. The highest BCUT2D eigenvalue weighted by molar-refractivity contribution is 5.98. The Bertz CT molecular complexity index is 911. The molecule has 0 saturated heterocycles. The van der Waals surface area contributed by atoms with Gasteiger partial charge < -0.3 is 9.47 Å². The first kappa shape index (κ1) is 33.1. The molecule has 0 aliphatic carbocycles. The molecule has 1 rings (SSSR count). The van der Waals surface area contributed by atoms with Gasteiger partial charge in [-0.2, -0.15) is 5.12 Å². The van der Waals surface area contributed by atoms with E-state index in [1.54, 1.807) is 20.8 Å². The second kappa shape index (κ2) is 15.5. The molecular formula is C29H47N3O6. The summed E-state index contributed by atoms with van der Waals surface area (Å²) in [5, 5.41) is 1.63. The number of hydrogen-bond acceptors (Lipinski definition) is 7. The summed E-state index contributed by atoms with van der Waals surface area (Å²) in [6.45, 7) is 14.7. The molecule has 0 heterocycles. The summed E-state index contributed by atoms with van der Waals surface area (Å²) >= 11 is 0. The number of hydrogen-bond donors (Lipinski definition) is 1. The van der Waals surface area contributed by atoms with Gasteiger partial charge in [0, 0.05) is 6.42 Å². The summed E-state index contributed by atoms with van der Waals surface area (Å²) < 4.78 is 11.1. The largest absolute Gasteiger partial charge is 0.459 e. The third kappa shape index (κ3) is 11.2. The van der Waals surface area contributed by atoms with Crippen LogP contribution in [0, 0.1) is 17.8 Å². The van der Waals surface area contributed by atoms with E-state index in [2.05, 4.69) is 0 Å². The fourth-order valence-electron chi connectivity index (χ4n) is 3.84. The molecule has 38 heavy (non-hydrogen) atoms. The molecule has 0 aliphatic heterocycles. The Hall–Kier alpha value is -2.94. The SMILES string of the molecule is CCCC(=O)N([C@H](CCC(C)C)C(=O)OCc1ccccc1)N(N)C(=O)[C@H](CC(C)C)C(=O)OC(C)(C)C. The standard InChI is InChI=1S/C29H47N3O6/c1-9-13-25(33)31(32(30)26(34)23(18-21(4)5)27(35)38-29(6,7)8)24(17-16-20(2)3)28(36)37-19-22-14-11-10-12-15-22/h10-12,14-15,20-21,23-24H,9,13,16-19,30H2,1-8H3/t23-,24+/m0/s1. The maximum atomic E-state index is 13.7. The average Bonchev–Trinajstić information content (AvgIpc) is 2.82. The lowest BCUT2D eigenvalue weighted by Gasteiger charge is -2.38. The van der Waals surface area contributed by atoms with E-state index >= 15 is 0 Å². The van der Waals surface area contributed by atoms with Gasteiger partial charge in [0.15, 0.2) is 6.04 Å². The van der Waals surface area contributed by atoms with Gasteiger partial charge in [-0.25, -0.2) is 15.6 Å². The van der Waals surface area contributed by atoms with Crippen molar-refractivity contribution in [3.05, 3.63) is 35.9 Å². The van der Waals surface area contributed by atoms with Crippen molar-refractivity contribution in [3.8, 4) is 0 Å². The number of hydrazine groups is 2. The second-order valence-electron chi connectivity index (χ2n) is 11.5. The van der Waals surface area contributed by atoms with E-state index in [9.17, 15) is 19.2 Å². The van der Waals surface area contributed by atoms with E-state index in [1.807, 2.05) is 65.0 Å². The molecule has 0 aromatic heterocycles. The molecule has 0 bridgehead atoms. The number of carbonyl (C=O) groups is 4. The number of amides is 2. The van der Waals surface area contributed by atoms with Crippen molar-refractivity contribution in [1.82, 2.24) is 10.1 Å². The molecule has 1 aromatic carbocycles. The van der Waals surface area contributed by atoms with Crippen molar-refractivity contribution >= 4 is 23.8 Å². The molecule has 9 nitrogen and oxygen atoms in total. The molecule has 0 unspecified atom stereocenters. The fourth-order valence-corrected chi connectivity index (χ4v) is 3.84. The number of nitrogens with zero attached hydrogens (tertiary/aromatic N) is 2. The maximum Gasteiger partial charge on any atom is 0.331 e. The summed E-state index contributed by atoms with van der Waals surface area (Å²) in [7, 11) is 0. The Balaban J connectivity index is 3.38. The Kier molecular flexibility index (Phi) is 13.5. The van der Waals surface area contributed by atoms with Crippen LogP contribution < -0.4 is 5.84 Å². The molecule has 0 aliphatic rings. The van der Waals surface area contributed by atoms with Gasteiger partial charge >= 0.3 is 11.9 Å². The fraction of sp³-hybridized carbons (Fsp3) is 0.655. The normalized spacial score (nSPS) is 13.1. The average molecular weight is 534 g/mol. The van der Waals surface area contributed by atoms with Crippen molar-refractivity contribution in [3.63, 3.8) is 0 Å². The molecule has 0 saturated carbocycles. The van der Waals surface area contributed by atoms with E-state index in [-0.39, 0.29) is 37.7 Å². The van der Waals surface area contributed by atoms with Crippen molar-refractivity contribution in [2.75, 3.05) is 0 Å². The molecular weight excluding hydrogens is 486 g/mol. The lowest BCUT2D eigenvalue weighted by atomic mass is 9.96. The smallest absolute Gasteiger partial charge is 0.331 e. The third-order valence-corrected chi connectivity index (χ3v) is 5.68. The second-order valence-corrected chi connectivity index (χ2v) is 11.5. The molecule has 0 spiro atoms. The van der Waals surface area contributed by atoms with Gasteiger partial charge in [-0.1, -0.05) is 65.0 Å². The first-order valence-corrected chi connectivity index (χ1v) is 13.5. The van der Waals surface area contributed by atoms with Crippen LogP contribution in [0.25, 0.3) is 0 Å².